The van der Waals surface area contributed by atoms with E-state index >= 15 is 4.39 Å². The number of rotatable bonds is 7. The minimum Gasteiger partial charge on any atom is -0.355 e. The summed E-state index contributed by atoms with van der Waals surface area (Å²) in [5.41, 5.74) is -1.02. The topological polar surface area (TPSA) is 96.3 Å². The predicted octanol–water partition coefficient (Wildman–Crippen LogP) is 5.51. The lowest BCUT2D eigenvalue weighted by atomic mass is 9.64. The molecule has 5 atom stereocenters. The molecule has 2 aliphatic rings. The van der Waals surface area contributed by atoms with Crippen molar-refractivity contribution in [3.05, 3.63) is 63.6 Å². The number of nitriles is 1. The molecule has 1 aromatic carbocycles. The molecule has 4 rings (SSSR count). The summed E-state index contributed by atoms with van der Waals surface area (Å²) in [5.74, 6) is -2.59. The van der Waals surface area contributed by atoms with Gasteiger partial charge in [0.1, 0.15) is 11.2 Å². The average Bonchev–Trinajstić information content (AvgIpc) is 3.37. The van der Waals surface area contributed by atoms with Gasteiger partial charge in [-0.2, -0.15) is 5.26 Å². The van der Waals surface area contributed by atoms with Gasteiger partial charge in [-0.1, -0.05) is 56.1 Å². The summed E-state index contributed by atoms with van der Waals surface area (Å²) < 4.78 is 27.1. The molecule has 39 heavy (non-hydrogen) atoms. The predicted molar refractivity (Wildman–Crippen MR) is 148 cm³/mol. The molecule has 0 saturated carbocycles. The summed E-state index contributed by atoms with van der Waals surface area (Å²) >= 11 is 12.3. The molecule has 2 fully saturated rings. The van der Waals surface area contributed by atoms with Crippen LogP contribution in [0.4, 0.5) is 4.39 Å². The van der Waals surface area contributed by atoms with Crippen LogP contribution in [0.25, 0.3) is 0 Å². The summed E-state index contributed by atoms with van der Waals surface area (Å²) in [4.78, 5) is 18.3. The van der Waals surface area contributed by atoms with Crippen molar-refractivity contribution in [1.29, 1.82) is 5.26 Å². The van der Waals surface area contributed by atoms with Crippen LogP contribution < -0.4 is 10.6 Å². The maximum absolute atomic E-state index is 15.7. The lowest BCUT2D eigenvalue weighted by Crippen LogP contribution is -2.46. The van der Waals surface area contributed by atoms with E-state index in [0.717, 1.165) is 0 Å². The van der Waals surface area contributed by atoms with E-state index in [1.165, 1.54) is 12.3 Å². The van der Waals surface area contributed by atoms with Crippen molar-refractivity contribution >= 4 is 29.1 Å². The van der Waals surface area contributed by atoms with Gasteiger partial charge < -0.3 is 20.1 Å². The largest absolute Gasteiger partial charge is 0.355 e. The Morgan fingerprint density at radius 1 is 1.28 bits per heavy atom. The highest BCUT2D eigenvalue weighted by Crippen LogP contribution is 2.51. The number of nitrogens with zero attached hydrogens (tertiary/aromatic N) is 2. The number of amides is 1. The van der Waals surface area contributed by atoms with Gasteiger partial charge in [0.15, 0.2) is 5.79 Å². The third kappa shape index (κ3) is 6.23. The van der Waals surface area contributed by atoms with Crippen LogP contribution >= 0.6 is 23.2 Å². The second-order valence-electron chi connectivity index (χ2n) is 12.0. The zero-order chi connectivity index (χ0) is 28.6. The number of ether oxygens (including phenoxy) is 2. The standard InChI is InChI=1S/C29H35Cl2FN4O3/c1-27(2,3)13-22-29(16-33,21-10-9-17(30)14-35-21)23(19-7-6-8-20(31)24(19)32)25(36-22)26(37)34-12-11-18-15-38-28(4,5)39-18/h6-10,14,18,22-23,25,36H,11-13,15H2,1-5H3,(H,34,37)/t18-,22-,23-,25+,29-/m0/s1. The molecule has 10 heteroatoms. The molecule has 1 aromatic heterocycles. The van der Waals surface area contributed by atoms with E-state index in [1.807, 2.05) is 13.8 Å². The van der Waals surface area contributed by atoms with E-state index in [-0.39, 0.29) is 28.0 Å². The van der Waals surface area contributed by atoms with Crippen molar-refractivity contribution in [1.82, 2.24) is 15.6 Å². The quantitative estimate of drug-likeness (QED) is 0.451. The Balaban J connectivity index is 1.75. The first kappa shape index (κ1) is 29.7. The lowest BCUT2D eigenvalue weighted by molar-refractivity contribution is -0.138. The molecule has 0 spiro atoms. The van der Waals surface area contributed by atoms with E-state index in [2.05, 4.69) is 42.5 Å². The van der Waals surface area contributed by atoms with Crippen LogP contribution in [0, 0.1) is 22.6 Å². The van der Waals surface area contributed by atoms with E-state index in [0.29, 0.717) is 36.7 Å². The highest BCUT2D eigenvalue weighted by molar-refractivity contribution is 6.31. The maximum atomic E-state index is 15.7. The fraction of sp³-hybridized carbons (Fsp3) is 0.552. The molecule has 1 amide bonds. The lowest BCUT2D eigenvalue weighted by Gasteiger charge is -2.36. The smallest absolute Gasteiger partial charge is 0.237 e. The van der Waals surface area contributed by atoms with Gasteiger partial charge in [0.2, 0.25) is 5.91 Å². The molecular weight excluding hydrogens is 542 g/mol. The molecule has 2 saturated heterocycles. The second kappa shape index (κ2) is 11.3. The summed E-state index contributed by atoms with van der Waals surface area (Å²) in [7, 11) is 0. The van der Waals surface area contributed by atoms with Gasteiger partial charge in [0.05, 0.1) is 40.6 Å². The number of nitrogens with one attached hydrogen (secondary N) is 2. The summed E-state index contributed by atoms with van der Waals surface area (Å²) in [6.07, 6.45) is 2.39. The zero-order valence-corrected chi connectivity index (χ0v) is 24.4. The van der Waals surface area contributed by atoms with Crippen LogP contribution in [0.1, 0.15) is 64.6 Å². The number of carbonyl (C=O) groups is 1. The van der Waals surface area contributed by atoms with Crippen LogP contribution in [0.5, 0.6) is 0 Å². The molecular formula is C29H35Cl2FN4O3. The van der Waals surface area contributed by atoms with Crippen LogP contribution in [-0.2, 0) is 19.7 Å². The summed E-state index contributed by atoms with van der Waals surface area (Å²) in [6, 6.07) is 9.02. The first-order valence-corrected chi connectivity index (χ1v) is 13.9. The van der Waals surface area contributed by atoms with Crippen molar-refractivity contribution in [3.8, 4) is 6.07 Å². The fourth-order valence-corrected chi connectivity index (χ4v) is 6.00. The third-order valence-electron chi connectivity index (χ3n) is 7.34. The zero-order valence-electron chi connectivity index (χ0n) is 22.9. The Labute approximate surface area is 239 Å². The molecule has 2 N–H and O–H groups in total. The minimum absolute atomic E-state index is 0.0807. The highest BCUT2D eigenvalue weighted by Gasteiger charge is 2.61. The van der Waals surface area contributed by atoms with Crippen molar-refractivity contribution in [2.24, 2.45) is 5.41 Å². The van der Waals surface area contributed by atoms with Crippen LogP contribution in [-0.4, -0.2) is 48.0 Å². The first-order chi connectivity index (χ1) is 18.3. The number of benzene rings is 1. The fourth-order valence-electron chi connectivity index (χ4n) is 5.70. The molecule has 0 radical (unpaired) electrons. The Kier molecular flexibility index (Phi) is 8.61. The van der Waals surface area contributed by atoms with Crippen LogP contribution in [0.15, 0.2) is 36.5 Å². The van der Waals surface area contributed by atoms with Crippen LogP contribution in [0.2, 0.25) is 10.0 Å². The molecule has 3 heterocycles. The Hall–Kier alpha value is -2.28. The van der Waals surface area contributed by atoms with E-state index in [9.17, 15) is 10.1 Å². The molecule has 0 unspecified atom stereocenters. The Morgan fingerprint density at radius 3 is 2.62 bits per heavy atom. The second-order valence-corrected chi connectivity index (χ2v) is 12.8. The molecule has 210 valence electrons. The SMILES string of the molecule is CC(C)(C)C[C@@H]1N[C@@H](C(=O)NCC[C@H]2COC(C)(C)O2)[C@H](c2cccc(Cl)c2F)[C@@]1(C#N)c1ccc(Cl)cn1. The van der Waals surface area contributed by atoms with Gasteiger partial charge in [-0.25, -0.2) is 4.39 Å². The van der Waals surface area contributed by atoms with Crippen molar-refractivity contribution in [2.75, 3.05) is 13.2 Å². The van der Waals surface area contributed by atoms with Gasteiger partial charge in [-0.15, -0.1) is 0 Å². The molecule has 7 nitrogen and oxygen atoms in total. The van der Waals surface area contributed by atoms with Crippen LogP contribution in [0.3, 0.4) is 0 Å². The van der Waals surface area contributed by atoms with E-state index < -0.39 is 35.0 Å². The van der Waals surface area contributed by atoms with Gasteiger partial charge in [-0.05, 0) is 55.9 Å². The van der Waals surface area contributed by atoms with E-state index in [1.54, 1.807) is 24.3 Å². The van der Waals surface area contributed by atoms with Crippen molar-refractivity contribution in [3.63, 3.8) is 0 Å². The average molecular weight is 578 g/mol. The molecule has 2 aliphatic heterocycles. The minimum atomic E-state index is -1.39. The number of hydrogen-bond acceptors (Lipinski definition) is 6. The van der Waals surface area contributed by atoms with Gasteiger partial charge in [0.25, 0.3) is 0 Å². The monoisotopic (exact) mass is 576 g/mol. The number of hydrogen-bond donors (Lipinski definition) is 2. The first-order valence-electron chi connectivity index (χ1n) is 13.1. The van der Waals surface area contributed by atoms with E-state index in [4.69, 9.17) is 32.7 Å². The molecule has 0 aliphatic carbocycles. The summed E-state index contributed by atoms with van der Waals surface area (Å²) in [6.45, 7) is 10.6. The van der Waals surface area contributed by atoms with Gasteiger partial charge >= 0.3 is 0 Å². The van der Waals surface area contributed by atoms with Crippen molar-refractivity contribution < 1.29 is 18.7 Å². The summed E-state index contributed by atoms with van der Waals surface area (Å²) in [5, 5.41) is 17.6. The van der Waals surface area contributed by atoms with Gasteiger partial charge in [0, 0.05) is 24.7 Å². The highest BCUT2D eigenvalue weighted by atomic mass is 35.5. The number of pyridine rings is 1. The molecule has 0 bridgehead atoms. The number of carbonyl (C=O) groups excluding carboxylic acids is 1. The number of aromatic nitrogens is 1. The van der Waals surface area contributed by atoms with Crippen molar-refractivity contribution in [2.45, 2.75) is 82.8 Å². The Morgan fingerprint density at radius 2 is 2.03 bits per heavy atom. The maximum Gasteiger partial charge on any atom is 0.237 e. The number of halogens is 3. The molecule has 2 aromatic rings. The third-order valence-corrected chi connectivity index (χ3v) is 7.85. The van der Waals surface area contributed by atoms with Gasteiger partial charge in [-0.3, -0.25) is 9.78 Å². The normalized spacial score (nSPS) is 28.3. The Bertz CT molecular complexity index is 1240.